The second-order valence-electron chi connectivity index (χ2n) is 5.42. The van der Waals surface area contributed by atoms with Crippen molar-refractivity contribution in [3.8, 4) is 0 Å². The number of amides is 2. The first-order chi connectivity index (χ1) is 10.1. The predicted molar refractivity (Wildman–Crippen MR) is 79.9 cm³/mol. The summed E-state index contributed by atoms with van der Waals surface area (Å²) in [5.41, 5.74) is 0. The second kappa shape index (κ2) is 9.00. The van der Waals surface area contributed by atoms with E-state index in [1.807, 2.05) is 18.7 Å². The normalized spacial score (nSPS) is 21.1. The highest BCUT2D eigenvalue weighted by Crippen LogP contribution is 2.26. The summed E-state index contributed by atoms with van der Waals surface area (Å²) in [5, 5.41) is 2.82. The molecule has 1 N–H and O–H groups in total. The summed E-state index contributed by atoms with van der Waals surface area (Å²) in [4.78, 5) is 26.1. The summed E-state index contributed by atoms with van der Waals surface area (Å²) in [6.07, 6.45) is 1.93. The van der Waals surface area contributed by atoms with Crippen LogP contribution in [0.15, 0.2) is 0 Å². The molecule has 1 aliphatic rings. The molecule has 0 bridgehead atoms. The number of hydrogen-bond acceptors (Lipinski definition) is 4. The largest absolute Gasteiger partial charge is 0.384 e. The van der Waals surface area contributed by atoms with Gasteiger partial charge in [0.05, 0.1) is 31.1 Å². The van der Waals surface area contributed by atoms with Gasteiger partial charge in [-0.1, -0.05) is 6.92 Å². The smallest absolute Gasteiger partial charge is 0.225 e. The highest BCUT2D eigenvalue weighted by molar-refractivity contribution is 5.80. The van der Waals surface area contributed by atoms with Crippen molar-refractivity contribution in [2.45, 2.75) is 45.3 Å². The van der Waals surface area contributed by atoms with E-state index in [2.05, 4.69) is 5.32 Å². The highest BCUT2D eigenvalue weighted by Gasteiger charge is 2.39. The van der Waals surface area contributed by atoms with Gasteiger partial charge in [0.15, 0.2) is 0 Å². The third-order valence-corrected chi connectivity index (χ3v) is 4.05. The van der Waals surface area contributed by atoms with Gasteiger partial charge in [-0.05, 0) is 19.8 Å². The third-order valence-electron chi connectivity index (χ3n) is 4.05. The highest BCUT2D eigenvalue weighted by atomic mass is 16.5. The molecular formula is C15H28N2O4. The van der Waals surface area contributed by atoms with Crippen molar-refractivity contribution in [3.05, 3.63) is 0 Å². The van der Waals surface area contributed by atoms with Crippen LogP contribution < -0.4 is 5.32 Å². The quantitative estimate of drug-likeness (QED) is 0.720. The van der Waals surface area contributed by atoms with Crippen LogP contribution in [0.3, 0.4) is 0 Å². The van der Waals surface area contributed by atoms with E-state index in [0.717, 1.165) is 19.4 Å². The fourth-order valence-corrected chi connectivity index (χ4v) is 2.96. The Bertz CT molecular complexity index is 349. The van der Waals surface area contributed by atoms with Gasteiger partial charge < -0.3 is 19.7 Å². The minimum atomic E-state index is -0.282. The molecule has 0 radical (unpaired) electrons. The Morgan fingerprint density at radius 1 is 1.38 bits per heavy atom. The van der Waals surface area contributed by atoms with Crippen LogP contribution in [0.1, 0.15) is 33.1 Å². The molecule has 0 aromatic carbocycles. The van der Waals surface area contributed by atoms with Crippen molar-refractivity contribution in [2.24, 2.45) is 5.92 Å². The Kier molecular flexibility index (Phi) is 7.67. The molecular weight excluding hydrogens is 272 g/mol. The molecule has 1 saturated heterocycles. The lowest BCUT2D eigenvalue weighted by molar-refractivity contribution is -0.140. The van der Waals surface area contributed by atoms with Gasteiger partial charge in [-0.15, -0.1) is 0 Å². The summed E-state index contributed by atoms with van der Waals surface area (Å²) in [6.45, 7) is 5.50. The van der Waals surface area contributed by atoms with Crippen LogP contribution in [-0.2, 0) is 19.1 Å². The van der Waals surface area contributed by atoms with E-state index in [9.17, 15) is 9.59 Å². The van der Waals surface area contributed by atoms with Gasteiger partial charge in [0, 0.05) is 27.3 Å². The minimum Gasteiger partial charge on any atom is -0.384 e. The molecule has 1 heterocycles. The molecule has 0 saturated carbocycles. The van der Waals surface area contributed by atoms with Crippen molar-refractivity contribution in [3.63, 3.8) is 0 Å². The van der Waals surface area contributed by atoms with Gasteiger partial charge in [-0.25, -0.2) is 0 Å². The number of rotatable bonds is 8. The third kappa shape index (κ3) is 4.68. The molecule has 1 rings (SSSR count). The summed E-state index contributed by atoms with van der Waals surface area (Å²) in [6, 6.07) is -0.0306. The average Bonchev–Trinajstić information content (AvgIpc) is 2.95. The first-order valence-corrected chi connectivity index (χ1v) is 7.65. The maximum atomic E-state index is 12.2. The Labute approximate surface area is 127 Å². The molecule has 0 aromatic rings. The van der Waals surface area contributed by atoms with Gasteiger partial charge in [-0.2, -0.15) is 0 Å². The molecule has 0 aromatic heterocycles. The van der Waals surface area contributed by atoms with E-state index in [-0.39, 0.29) is 29.9 Å². The van der Waals surface area contributed by atoms with E-state index in [1.54, 1.807) is 14.2 Å². The van der Waals surface area contributed by atoms with E-state index in [4.69, 9.17) is 9.47 Å². The molecule has 0 aliphatic carbocycles. The van der Waals surface area contributed by atoms with E-state index < -0.39 is 0 Å². The van der Waals surface area contributed by atoms with Gasteiger partial charge in [0.2, 0.25) is 11.8 Å². The van der Waals surface area contributed by atoms with Crippen molar-refractivity contribution in [1.29, 1.82) is 0 Å². The van der Waals surface area contributed by atoms with Crippen LogP contribution in [-0.4, -0.2) is 62.8 Å². The lowest BCUT2D eigenvalue weighted by Crippen LogP contribution is -2.49. The number of nitrogens with zero attached hydrogens (tertiary/aromatic N) is 1. The molecule has 1 aliphatic heterocycles. The number of methoxy groups -OCH3 is 2. The van der Waals surface area contributed by atoms with Crippen LogP contribution >= 0.6 is 0 Å². The molecule has 3 atom stereocenters. The Balaban J connectivity index is 2.73. The van der Waals surface area contributed by atoms with Crippen molar-refractivity contribution in [1.82, 2.24) is 10.2 Å². The summed E-state index contributed by atoms with van der Waals surface area (Å²) >= 11 is 0. The molecule has 2 amide bonds. The van der Waals surface area contributed by atoms with Gasteiger partial charge in [0.1, 0.15) is 0 Å². The number of carbonyl (C=O) groups is 2. The van der Waals surface area contributed by atoms with Crippen LogP contribution in [0.4, 0.5) is 0 Å². The standard InChI is InChI=1S/C15H28N2O4/c1-5-16-15(19)11(2)14(21-4)12-7-6-9-17(12)13(18)8-10-20-3/h11-12,14H,5-10H2,1-4H3,(H,16,19). The average molecular weight is 300 g/mol. The molecule has 6 nitrogen and oxygen atoms in total. The van der Waals surface area contributed by atoms with Gasteiger partial charge >= 0.3 is 0 Å². The number of hydrogen-bond donors (Lipinski definition) is 1. The zero-order valence-electron chi connectivity index (χ0n) is 13.6. The summed E-state index contributed by atoms with van der Waals surface area (Å²) < 4.78 is 10.5. The Morgan fingerprint density at radius 2 is 2.10 bits per heavy atom. The minimum absolute atomic E-state index is 0.0273. The zero-order chi connectivity index (χ0) is 15.8. The Hall–Kier alpha value is -1.14. The van der Waals surface area contributed by atoms with E-state index in [0.29, 0.717) is 19.6 Å². The fraction of sp³-hybridized carbons (Fsp3) is 0.867. The first-order valence-electron chi connectivity index (χ1n) is 7.65. The van der Waals surface area contributed by atoms with E-state index in [1.165, 1.54) is 0 Å². The SMILES string of the molecule is CCNC(=O)C(C)C(OC)C1CCCN1C(=O)CCOC. The lowest BCUT2D eigenvalue weighted by Gasteiger charge is -2.33. The monoisotopic (exact) mass is 300 g/mol. The number of ether oxygens (including phenoxy) is 2. The van der Waals surface area contributed by atoms with Crippen molar-refractivity contribution in [2.75, 3.05) is 33.9 Å². The van der Waals surface area contributed by atoms with Crippen molar-refractivity contribution < 1.29 is 19.1 Å². The molecule has 1 fully saturated rings. The lowest BCUT2D eigenvalue weighted by atomic mass is 9.94. The number of carbonyl (C=O) groups excluding carboxylic acids is 2. The second-order valence-corrected chi connectivity index (χ2v) is 5.42. The first kappa shape index (κ1) is 17.9. The molecule has 122 valence electrons. The molecule has 6 heteroatoms. The van der Waals surface area contributed by atoms with E-state index >= 15 is 0 Å². The molecule has 0 spiro atoms. The number of nitrogens with one attached hydrogen (secondary N) is 1. The maximum Gasteiger partial charge on any atom is 0.225 e. The van der Waals surface area contributed by atoms with Crippen molar-refractivity contribution >= 4 is 11.8 Å². The summed E-state index contributed by atoms with van der Waals surface area (Å²) in [7, 11) is 3.19. The van der Waals surface area contributed by atoms with Crippen LogP contribution in [0.25, 0.3) is 0 Å². The van der Waals surface area contributed by atoms with Crippen LogP contribution in [0.2, 0.25) is 0 Å². The maximum absolute atomic E-state index is 12.2. The summed E-state index contributed by atoms with van der Waals surface area (Å²) in [5.74, 6) is -0.235. The predicted octanol–water partition coefficient (Wildman–Crippen LogP) is 0.801. The fourth-order valence-electron chi connectivity index (χ4n) is 2.96. The Morgan fingerprint density at radius 3 is 2.67 bits per heavy atom. The van der Waals surface area contributed by atoms with Gasteiger partial charge in [-0.3, -0.25) is 9.59 Å². The molecule has 21 heavy (non-hydrogen) atoms. The van der Waals surface area contributed by atoms with Crippen LogP contribution in [0.5, 0.6) is 0 Å². The zero-order valence-corrected chi connectivity index (χ0v) is 13.6. The topological polar surface area (TPSA) is 67.9 Å². The molecule has 3 unspecified atom stereocenters. The number of likely N-dealkylation sites (tertiary alicyclic amines) is 1. The van der Waals surface area contributed by atoms with Gasteiger partial charge in [0.25, 0.3) is 0 Å². The van der Waals surface area contributed by atoms with Crippen LogP contribution in [0, 0.1) is 5.92 Å².